The summed E-state index contributed by atoms with van der Waals surface area (Å²) in [7, 11) is 0. The smallest absolute Gasteiger partial charge is 0.0726 e. The normalized spacial score (nSPS) is 24.0. The van der Waals surface area contributed by atoms with E-state index < -0.39 is 5.60 Å². The molecule has 0 amide bonds. The van der Waals surface area contributed by atoms with Gasteiger partial charge in [0.1, 0.15) is 0 Å². The third kappa shape index (κ3) is 1.78. The lowest BCUT2D eigenvalue weighted by Crippen LogP contribution is -2.51. The van der Waals surface area contributed by atoms with Gasteiger partial charge < -0.3 is 10.8 Å². The molecular weight excluding hydrogens is 170 g/mol. The van der Waals surface area contributed by atoms with Crippen LogP contribution in [0.5, 0.6) is 0 Å². The lowest BCUT2D eigenvalue weighted by atomic mass is 9.71. The Hall–Kier alpha value is 0.270. The van der Waals surface area contributed by atoms with E-state index in [4.69, 9.17) is 5.73 Å². The molecule has 1 saturated heterocycles. The van der Waals surface area contributed by atoms with E-state index in [1.54, 1.807) is 0 Å². The van der Waals surface area contributed by atoms with Crippen LogP contribution in [0.25, 0.3) is 0 Å². The maximum atomic E-state index is 10.3. The highest BCUT2D eigenvalue weighted by Crippen LogP contribution is 2.40. The predicted octanol–water partition coefficient (Wildman–Crippen LogP) is 1.23. The van der Waals surface area contributed by atoms with E-state index in [0.717, 1.165) is 24.3 Å². The molecular formula is C9H19NOS. The molecule has 1 aliphatic heterocycles. The van der Waals surface area contributed by atoms with Gasteiger partial charge in [0.2, 0.25) is 0 Å². The molecule has 0 unspecified atom stereocenters. The zero-order valence-corrected chi connectivity index (χ0v) is 8.78. The molecule has 0 aromatic carbocycles. The molecule has 0 aromatic heterocycles. The number of aliphatic hydroxyl groups is 1. The van der Waals surface area contributed by atoms with Crippen molar-refractivity contribution in [3.05, 3.63) is 0 Å². The van der Waals surface area contributed by atoms with E-state index >= 15 is 0 Å². The van der Waals surface area contributed by atoms with Crippen molar-refractivity contribution in [2.45, 2.75) is 32.3 Å². The van der Waals surface area contributed by atoms with E-state index in [1.807, 2.05) is 11.8 Å². The first-order valence-electron chi connectivity index (χ1n) is 4.52. The summed E-state index contributed by atoms with van der Waals surface area (Å²) in [5.41, 5.74) is 5.00. The van der Waals surface area contributed by atoms with Gasteiger partial charge in [0.05, 0.1) is 5.60 Å². The van der Waals surface area contributed by atoms with Gasteiger partial charge in [-0.1, -0.05) is 13.8 Å². The van der Waals surface area contributed by atoms with Crippen molar-refractivity contribution in [2.24, 2.45) is 11.1 Å². The van der Waals surface area contributed by atoms with E-state index in [0.29, 0.717) is 6.54 Å². The average molecular weight is 189 g/mol. The Labute approximate surface area is 78.9 Å². The Morgan fingerprint density at radius 1 is 1.42 bits per heavy atom. The number of rotatable bonds is 2. The highest BCUT2D eigenvalue weighted by molar-refractivity contribution is 7.99. The highest BCUT2D eigenvalue weighted by atomic mass is 32.2. The lowest BCUT2D eigenvalue weighted by molar-refractivity contribution is -0.0684. The quantitative estimate of drug-likeness (QED) is 0.687. The molecule has 0 bridgehead atoms. The molecule has 0 spiro atoms. The van der Waals surface area contributed by atoms with Crippen LogP contribution in [0, 0.1) is 5.41 Å². The Morgan fingerprint density at radius 3 is 2.33 bits per heavy atom. The number of hydrogen-bond donors (Lipinski definition) is 2. The first-order valence-corrected chi connectivity index (χ1v) is 5.67. The van der Waals surface area contributed by atoms with Gasteiger partial charge in [-0.2, -0.15) is 11.8 Å². The molecule has 1 fully saturated rings. The van der Waals surface area contributed by atoms with Crippen LogP contribution in [0.1, 0.15) is 26.7 Å². The molecule has 0 aromatic rings. The summed E-state index contributed by atoms with van der Waals surface area (Å²) in [5.74, 6) is 2.14. The highest BCUT2D eigenvalue weighted by Gasteiger charge is 2.42. The van der Waals surface area contributed by atoms with Gasteiger partial charge in [-0.3, -0.25) is 0 Å². The van der Waals surface area contributed by atoms with Gasteiger partial charge in [-0.25, -0.2) is 0 Å². The largest absolute Gasteiger partial charge is 0.389 e. The van der Waals surface area contributed by atoms with Crippen LogP contribution in [-0.4, -0.2) is 28.8 Å². The maximum absolute atomic E-state index is 10.3. The van der Waals surface area contributed by atoms with Crippen LogP contribution in [-0.2, 0) is 0 Å². The Morgan fingerprint density at radius 2 is 1.92 bits per heavy atom. The van der Waals surface area contributed by atoms with Crippen molar-refractivity contribution in [1.29, 1.82) is 0 Å². The summed E-state index contributed by atoms with van der Waals surface area (Å²) in [6.45, 7) is 4.68. The van der Waals surface area contributed by atoms with Crippen LogP contribution in [0.15, 0.2) is 0 Å². The first-order chi connectivity index (χ1) is 5.52. The summed E-state index contributed by atoms with van der Waals surface area (Å²) in [6, 6.07) is 0. The first kappa shape index (κ1) is 10.4. The standard InChI is InChI=1S/C9H19NOS/c1-8(2,7-10)9(11)3-5-12-6-4-9/h11H,3-7,10H2,1-2H3. The number of hydrogen-bond acceptors (Lipinski definition) is 3. The molecule has 0 aliphatic carbocycles. The monoisotopic (exact) mass is 189 g/mol. The summed E-state index contributed by atoms with van der Waals surface area (Å²) in [6.07, 6.45) is 1.78. The fourth-order valence-corrected chi connectivity index (χ4v) is 2.74. The van der Waals surface area contributed by atoms with Crippen LogP contribution in [0.4, 0.5) is 0 Å². The lowest BCUT2D eigenvalue weighted by Gasteiger charge is -2.44. The van der Waals surface area contributed by atoms with Gasteiger partial charge >= 0.3 is 0 Å². The van der Waals surface area contributed by atoms with Crippen LogP contribution >= 0.6 is 11.8 Å². The van der Waals surface area contributed by atoms with Crippen molar-refractivity contribution in [3.8, 4) is 0 Å². The Kier molecular flexibility index (Phi) is 3.07. The van der Waals surface area contributed by atoms with Gasteiger partial charge in [-0.15, -0.1) is 0 Å². The summed E-state index contributed by atoms with van der Waals surface area (Å²) >= 11 is 1.92. The maximum Gasteiger partial charge on any atom is 0.0726 e. The molecule has 3 N–H and O–H groups in total. The number of thioether (sulfide) groups is 1. The summed E-state index contributed by atoms with van der Waals surface area (Å²) in [5, 5.41) is 10.3. The SMILES string of the molecule is CC(C)(CN)C1(O)CCSCC1. The zero-order chi connectivity index (χ0) is 9.24. The van der Waals surface area contributed by atoms with E-state index in [9.17, 15) is 5.11 Å². The fourth-order valence-electron chi connectivity index (χ4n) is 1.58. The molecule has 1 heterocycles. The summed E-state index contributed by atoms with van der Waals surface area (Å²) < 4.78 is 0. The second kappa shape index (κ2) is 3.56. The minimum absolute atomic E-state index is 0.131. The third-order valence-electron chi connectivity index (χ3n) is 3.09. The van der Waals surface area contributed by atoms with Crippen molar-refractivity contribution in [1.82, 2.24) is 0 Å². The predicted molar refractivity (Wildman–Crippen MR) is 54.3 cm³/mol. The molecule has 12 heavy (non-hydrogen) atoms. The Balaban J connectivity index is 2.68. The van der Waals surface area contributed by atoms with Crippen molar-refractivity contribution in [2.75, 3.05) is 18.1 Å². The zero-order valence-electron chi connectivity index (χ0n) is 7.97. The molecule has 3 heteroatoms. The van der Waals surface area contributed by atoms with Crippen LogP contribution in [0.2, 0.25) is 0 Å². The second-order valence-corrected chi connectivity index (χ2v) is 5.46. The minimum atomic E-state index is -0.521. The van der Waals surface area contributed by atoms with Gasteiger partial charge in [0.15, 0.2) is 0 Å². The van der Waals surface area contributed by atoms with E-state index in [2.05, 4.69) is 13.8 Å². The molecule has 2 nitrogen and oxygen atoms in total. The second-order valence-electron chi connectivity index (χ2n) is 4.23. The molecule has 72 valence electrons. The fraction of sp³-hybridized carbons (Fsp3) is 1.00. The molecule has 0 saturated carbocycles. The van der Waals surface area contributed by atoms with E-state index in [-0.39, 0.29) is 5.41 Å². The van der Waals surface area contributed by atoms with Gasteiger partial charge in [0.25, 0.3) is 0 Å². The minimum Gasteiger partial charge on any atom is -0.389 e. The van der Waals surface area contributed by atoms with Gasteiger partial charge in [-0.05, 0) is 24.3 Å². The van der Waals surface area contributed by atoms with Crippen LogP contribution < -0.4 is 5.73 Å². The average Bonchev–Trinajstić information content (AvgIpc) is 2.06. The third-order valence-corrected chi connectivity index (χ3v) is 4.08. The Bertz CT molecular complexity index is 153. The molecule has 0 atom stereocenters. The number of nitrogens with two attached hydrogens (primary N) is 1. The van der Waals surface area contributed by atoms with Gasteiger partial charge in [0, 0.05) is 12.0 Å². The molecule has 1 rings (SSSR count). The van der Waals surface area contributed by atoms with Crippen LogP contribution in [0.3, 0.4) is 0 Å². The topological polar surface area (TPSA) is 46.2 Å². The van der Waals surface area contributed by atoms with Crippen molar-refractivity contribution in [3.63, 3.8) is 0 Å². The summed E-state index contributed by atoms with van der Waals surface area (Å²) in [4.78, 5) is 0. The van der Waals surface area contributed by atoms with E-state index in [1.165, 1.54) is 0 Å². The molecule has 1 aliphatic rings. The van der Waals surface area contributed by atoms with Crippen molar-refractivity contribution < 1.29 is 5.11 Å². The van der Waals surface area contributed by atoms with Crippen molar-refractivity contribution >= 4 is 11.8 Å². The molecule has 0 radical (unpaired) electrons.